The fourth-order valence-electron chi connectivity index (χ4n) is 2.26. The topological polar surface area (TPSA) is 53.0 Å². The van der Waals surface area contributed by atoms with Gasteiger partial charge in [-0.05, 0) is 60.5 Å². The van der Waals surface area contributed by atoms with Gasteiger partial charge in [0.15, 0.2) is 0 Å². The average molecular weight is 361 g/mol. The van der Waals surface area contributed by atoms with Gasteiger partial charge in [-0.2, -0.15) is 0 Å². The molecule has 0 saturated heterocycles. The third kappa shape index (κ3) is 14.1. The van der Waals surface area contributed by atoms with Crippen LogP contribution >= 0.6 is 0 Å². The third-order valence-corrected chi connectivity index (χ3v) is 4.47. The molecule has 0 radical (unpaired) electrons. The lowest BCUT2D eigenvalue weighted by atomic mass is 9.94. The molecule has 152 valence electrons. The van der Waals surface area contributed by atoms with Crippen molar-refractivity contribution in [2.45, 2.75) is 85.8 Å². The molecule has 5 nitrogen and oxygen atoms in total. The molecule has 0 aromatic carbocycles. The van der Waals surface area contributed by atoms with Gasteiger partial charge in [0.1, 0.15) is 5.60 Å². The molecule has 5 heteroatoms. The number of ether oxygens (including phenoxy) is 1. The minimum atomic E-state index is -0.388. The lowest BCUT2D eigenvalue weighted by molar-refractivity contribution is 0.0308. The summed E-state index contributed by atoms with van der Waals surface area (Å²) in [6.07, 6.45) is 4.70. The predicted molar refractivity (Wildman–Crippen MR) is 107 cm³/mol. The van der Waals surface area contributed by atoms with Crippen LogP contribution in [0.3, 0.4) is 0 Å². The highest BCUT2D eigenvalue weighted by molar-refractivity contribution is 5.67. The molecule has 2 atom stereocenters. The molecule has 0 bridgehead atoms. The summed E-state index contributed by atoms with van der Waals surface area (Å²) >= 11 is 0. The monoisotopic (exact) mass is 360 g/mol. The molecule has 0 saturated carbocycles. The summed E-state index contributed by atoms with van der Waals surface area (Å²) in [6.45, 7) is 16.1. The zero-order valence-electron chi connectivity index (χ0n) is 18.3. The lowest BCUT2D eigenvalue weighted by Gasteiger charge is -2.30. The summed E-state index contributed by atoms with van der Waals surface area (Å²) in [5, 5.41) is 9.31. The zero-order valence-corrected chi connectivity index (χ0v) is 18.3. The van der Waals surface area contributed by atoms with E-state index in [9.17, 15) is 9.90 Å². The van der Waals surface area contributed by atoms with E-state index in [1.807, 2.05) is 27.7 Å². The van der Waals surface area contributed by atoms with Gasteiger partial charge >= 0.3 is 6.09 Å². The van der Waals surface area contributed by atoms with Crippen molar-refractivity contribution >= 4 is 6.09 Å². The minimum Gasteiger partial charge on any atom is -0.444 e. The fraction of sp³-hybridized carbons (Fsp3) is 0.950. The number of rotatable bonds is 9. The van der Waals surface area contributed by atoms with Gasteiger partial charge in [-0.25, -0.2) is 4.79 Å². The molecular formula is C20H44N2O3. The second-order valence-electron chi connectivity index (χ2n) is 7.75. The van der Waals surface area contributed by atoms with Crippen LogP contribution in [0.25, 0.3) is 0 Å². The maximum Gasteiger partial charge on any atom is 0.410 e. The highest BCUT2D eigenvalue weighted by Gasteiger charge is 2.19. The number of amides is 1. The second kappa shape index (κ2) is 14.4. The minimum absolute atomic E-state index is 0.264. The van der Waals surface area contributed by atoms with Crippen molar-refractivity contribution < 1.29 is 14.6 Å². The van der Waals surface area contributed by atoms with Crippen molar-refractivity contribution in [2.75, 3.05) is 33.8 Å². The lowest BCUT2D eigenvalue weighted by Crippen LogP contribution is -2.37. The molecular weight excluding hydrogens is 316 g/mol. The summed E-state index contributed by atoms with van der Waals surface area (Å²) in [6, 6.07) is 0.502. The average Bonchev–Trinajstić information content (AvgIpc) is 2.55. The van der Waals surface area contributed by atoms with Gasteiger partial charge in [-0.1, -0.05) is 33.1 Å². The van der Waals surface area contributed by atoms with Gasteiger partial charge in [0.25, 0.3) is 0 Å². The zero-order chi connectivity index (χ0) is 20.0. The van der Waals surface area contributed by atoms with Crippen LogP contribution in [-0.4, -0.2) is 66.4 Å². The maximum absolute atomic E-state index is 11.1. The van der Waals surface area contributed by atoms with Gasteiger partial charge in [-0.15, -0.1) is 0 Å². The van der Waals surface area contributed by atoms with Crippen molar-refractivity contribution in [1.82, 2.24) is 9.80 Å². The summed E-state index contributed by atoms with van der Waals surface area (Å²) in [7, 11) is 3.85. The van der Waals surface area contributed by atoms with Gasteiger partial charge in [0.05, 0.1) is 0 Å². The van der Waals surface area contributed by atoms with Crippen molar-refractivity contribution in [3.63, 3.8) is 0 Å². The van der Waals surface area contributed by atoms with Gasteiger partial charge in [0, 0.05) is 26.2 Å². The van der Waals surface area contributed by atoms with E-state index < -0.39 is 0 Å². The number of carbonyl (C=O) groups is 1. The van der Waals surface area contributed by atoms with Crippen LogP contribution in [0.4, 0.5) is 4.79 Å². The van der Waals surface area contributed by atoms with E-state index in [2.05, 4.69) is 32.7 Å². The molecule has 2 unspecified atom stereocenters. The van der Waals surface area contributed by atoms with E-state index in [0.717, 1.165) is 13.0 Å². The number of carbonyl (C=O) groups excluding carboxylic acids is 1. The molecule has 0 aromatic heterocycles. The molecule has 25 heavy (non-hydrogen) atoms. The van der Waals surface area contributed by atoms with Crippen molar-refractivity contribution in [3.05, 3.63) is 0 Å². The molecule has 0 aliphatic rings. The molecule has 0 aliphatic heterocycles. The SMILES string of the molecule is CCCCCC(CO)C(C)N(C)CC.CCN(C)C(=O)OC(C)(C)C. The Morgan fingerprint density at radius 1 is 1.08 bits per heavy atom. The molecule has 0 spiro atoms. The summed E-state index contributed by atoms with van der Waals surface area (Å²) in [4.78, 5) is 14.9. The molecule has 0 fully saturated rings. The number of aliphatic hydroxyl groups is 1. The number of hydrogen-bond acceptors (Lipinski definition) is 4. The van der Waals surface area contributed by atoms with E-state index in [0.29, 0.717) is 25.1 Å². The highest BCUT2D eigenvalue weighted by Crippen LogP contribution is 2.17. The van der Waals surface area contributed by atoms with Crippen molar-refractivity contribution in [2.24, 2.45) is 5.92 Å². The maximum atomic E-state index is 11.1. The molecule has 0 rings (SSSR count). The Morgan fingerprint density at radius 2 is 1.64 bits per heavy atom. The Balaban J connectivity index is 0. The highest BCUT2D eigenvalue weighted by atomic mass is 16.6. The first-order valence-corrected chi connectivity index (χ1v) is 9.79. The summed E-state index contributed by atoms with van der Waals surface area (Å²) in [5.41, 5.74) is -0.388. The van der Waals surface area contributed by atoms with E-state index in [1.54, 1.807) is 7.05 Å². The standard InChI is InChI=1S/C12H27NO.C8H17NO2/c1-5-7-8-9-12(10-14)11(3)13(4)6-2;1-6-9(5)7(10)11-8(2,3)4/h11-12,14H,5-10H2,1-4H3;6H2,1-5H3. The normalized spacial score (nSPS) is 13.7. The van der Waals surface area contributed by atoms with E-state index in [-0.39, 0.29) is 11.7 Å². The van der Waals surface area contributed by atoms with Crippen LogP contribution in [-0.2, 0) is 4.74 Å². The first-order valence-electron chi connectivity index (χ1n) is 9.79. The van der Waals surface area contributed by atoms with Crippen LogP contribution in [0.1, 0.15) is 74.1 Å². The quantitative estimate of drug-likeness (QED) is 0.620. The van der Waals surface area contributed by atoms with E-state index in [4.69, 9.17) is 4.74 Å². The Bertz CT molecular complexity index is 329. The summed E-state index contributed by atoms with van der Waals surface area (Å²) < 4.78 is 5.08. The van der Waals surface area contributed by atoms with Gasteiger partial charge in [0.2, 0.25) is 0 Å². The Morgan fingerprint density at radius 3 is 2.00 bits per heavy atom. The van der Waals surface area contributed by atoms with Crippen LogP contribution in [0.15, 0.2) is 0 Å². The molecule has 1 N–H and O–H groups in total. The Kier molecular flexibility index (Phi) is 15.2. The Hall–Kier alpha value is -0.810. The van der Waals surface area contributed by atoms with Crippen molar-refractivity contribution in [3.8, 4) is 0 Å². The Labute approximate surface area is 156 Å². The fourth-order valence-corrected chi connectivity index (χ4v) is 2.26. The van der Waals surface area contributed by atoms with Crippen LogP contribution in [0, 0.1) is 5.92 Å². The molecule has 0 heterocycles. The number of hydrogen-bond donors (Lipinski definition) is 1. The van der Waals surface area contributed by atoms with Crippen LogP contribution in [0.5, 0.6) is 0 Å². The predicted octanol–water partition coefficient (Wildman–Crippen LogP) is 4.39. The first kappa shape index (κ1) is 26.4. The van der Waals surface area contributed by atoms with Gasteiger partial charge < -0.3 is 19.6 Å². The number of nitrogens with zero attached hydrogens (tertiary/aromatic N) is 2. The van der Waals surface area contributed by atoms with Crippen LogP contribution in [0.2, 0.25) is 0 Å². The molecule has 0 aromatic rings. The summed E-state index contributed by atoms with van der Waals surface area (Å²) in [5.74, 6) is 0.450. The van der Waals surface area contributed by atoms with Gasteiger partial charge in [-0.3, -0.25) is 0 Å². The van der Waals surface area contributed by atoms with Crippen molar-refractivity contribution in [1.29, 1.82) is 0 Å². The third-order valence-electron chi connectivity index (χ3n) is 4.47. The van der Waals surface area contributed by atoms with E-state index in [1.165, 1.54) is 24.2 Å². The molecule has 0 aliphatic carbocycles. The smallest absolute Gasteiger partial charge is 0.410 e. The largest absolute Gasteiger partial charge is 0.444 e. The first-order chi connectivity index (χ1) is 11.5. The number of unbranched alkanes of at least 4 members (excludes halogenated alkanes) is 2. The number of aliphatic hydroxyl groups excluding tert-OH is 1. The molecule has 1 amide bonds. The van der Waals surface area contributed by atoms with E-state index >= 15 is 0 Å². The second-order valence-corrected chi connectivity index (χ2v) is 7.75. The van der Waals surface area contributed by atoms with Crippen LogP contribution < -0.4 is 0 Å².